The van der Waals surface area contributed by atoms with Gasteiger partial charge in [-0.05, 0) is 12.8 Å². The summed E-state index contributed by atoms with van der Waals surface area (Å²) in [4.78, 5) is 32.5. The number of imidazole rings is 1. The fraction of sp³-hybridized carbons (Fsp3) is 0.400. The van der Waals surface area contributed by atoms with Gasteiger partial charge >= 0.3 is 5.69 Å². The number of fused-ring (bicyclic) bond motifs is 1. The minimum atomic E-state index is -0.365. The Balaban J connectivity index is 2.31. The highest BCUT2D eigenvalue weighted by Gasteiger charge is 2.18. The lowest BCUT2D eigenvalue weighted by molar-refractivity contribution is 0.409. The van der Waals surface area contributed by atoms with Crippen LogP contribution in [0.4, 0.5) is 0 Å². The molecule has 0 atom stereocenters. The van der Waals surface area contributed by atoms with Gasteiger partial charge in [-0.3, -0.25) is 13.9 Å². The Morgan fingerprint density at radius 1 is 1.22 bits per heavy atom. The van der Waals surface area contributed by atoms with Gasteiger partial charge < -0.3 is 9.51 Å². The van der Waals surface area contributed by atoms with E-state index >= 15 is 0 Å². The fourth-order valence-corrected chi connectivity index (χ4v) is 2.56. The molecule has 0 fully saturated rings. The molecule has 0 aliphatic heterocycles. The predicted molar refractivity (Wildman–Crippen MR) is 85.2 cm³/mol. The van der Waals surface area contributed by atoms with Crippen LogP contribution in [-0.4, -0.2) is 24.3 Å². The average molecular weight is 316 g/mol. The van der Waals surface area contributed by atoms with E-state index in [4.69, 9.17) is 4.52 Å². The lowest BCUT2D eigenvalue weighted by Gasteiger charge is -2.09. The number of aryl methyl sites for hydroxylation is 1. The molecule has 8 heteroatoms. The van der Waals surface area contributed by atoms with Gasteiger partial charge in [-0.2, -0.15) is 0 Å². The van der Waals surface area contributed by atoms with Gasteiger partial charge in [-0.15, -0.1) is 0 Å². The van der Waals surface area contributed by atoms with E-state index in [-0.39, 0.29) is 11.2 Å². The third-order valence-electron chi connectivity index (χ3n) is 3.56. The molecular formula is C15H18N5O3. The molecule has 1 N–H and O–H groups in total. The first-order valence-corrected chi connectivity index (χ1v) is 7.59. The molecule has 121 valence electrons. The van der Waals surface area contributed by atoms with E-state index in [2.05, 4.69) is 22.0 Å². The standard InChI is InChI=1S/C15H18N5O3/c1-4-6-19-13-11(14(21)20(7-5-2)15(19)22)16-12(17-13)10-8-9(3)23-18-10/h8H,3-7H2,1-2H3,(H,16,17). The highest BCUT2D eigenvalue weighted by atomic mass is 16.5. The average Bonchev–Trinajstić information content (AvgIpc) is 3.14. The summed E-state index contributed by atoms with van der Waals surface area (Å²) in [6.45, 7) is 8.40. The molecule has 3 aromatic heterocycles. The Bertz CT molecular complexity index is 960. The van der Waals surface area contributed by atoms with Crippen LogP contribution in [0.1, 0.15) is 32.4 Å². The van der Waals surface area contributed by atoms with Crippen molar-refractivity contribution in [2.24, 2.45) is 0 Å². The number of nitrogens with zero attached hydrogens (tertiary/aromatic N) is 4. The molecule has 23 heavy (non-hydrogen) atoms. The summed E-state index contributed by atoms with van der Waals surface area (Å²) in [5, 5.41) is 3.84. The maximum absolute atomic E-state index is 12.6. The van der Waals surface area contributed by atoms with E-state index in [0.717, 1.165) is 6.42 Å². The zero-order valence-electron chi connectivity index (χ0n) is 13.1. The summed E-state index contributed by atoms with van der Waals surface area (Å²) < 4.78 is 7.71. The van der Waals surface area contributed by atoms with E-state index in [1.807, 2.05) is 13.8 Å². The second-order valence-corrected chi connectivity index (χ2v) is 5.35. The highest BCUT2D eigenvalue weighted by molar-refractivity contribution is 5.74. The molecule has 0 spiro atoms. The molecule has 0 aliphatic rings. The molecule has 3 aromatic rings. The molecule has 1 radical (unpaired) electrons. The summed E-state index contributed by atoms with van der Waals surface area (Å²) in [7, 11) is 0. The summed E-state index contributed by atoms with van der Waals surface area (Å²) in [5.41, 5.74) is 0.398. The summed E-state index contributed by atoms with van der Waals surface area (Å²) in [5.74, 6) is 0.782. The van der Waals surface area contributed by atoms with Gasteiger partial charge in [0.15, 0.2) is 11.5 Å². The maximum Gasteiger partial charge on any atom is 0.332 e. The van der Waals surface area contributed by atoms with Gasteiger partial charge in [0.2, 0.25) is 0 Å². The van der Waals surface area contributed by atoms with Gasteiger partial charge in [-0.1, -0.05) is 19.0 Å². The van der Waals surface area contributed by atoms with Gasteiger partial charge in [0, 0.05) is 26.1 Å². The number of aromatic nitrogens is 5. The van der Waals surface area contributed by atoms with Crippen molar-refractivity contribution in [3.05, 3.63) is 39.6 Å². The van der Waals surface area contributed by atoms with Gasteiger partial charge in [0.1, 0.15) is 17.0 Å². The van der Waals surface area contributed by atoms with Crippen LogP contribution >= 0.6 is 0 Å². The van der Waals surface area contributed by atoms with Crippen LogP contribution in [0.5, 0.6) is 0 Å². The van der Waals surface area contributed by atoms with Crippen molar-refractivity contribution in [3.8, 4) is 11.5 Å². The monoisotopic (exact) mass is 316 g/mol. The SMILES string of the molecule is [CH2]c1cc(-c2nc3c([nH]2)c(=O)n(CCC)c(=O)n3CCC)no1. The molecule has 0 saturated carbocycles. The van der Waals surface area contributed by atoms with Crippen molar-refractivity contribution in [2.75, 3.05) is 0 Å². The van der Waals surface area contributed by atoms with Crippen molar-refractivity contribution in [3.63, 3.8) is 0 Å². The molecule has 0 bridgehead atoms. The largest absolute Gasteiger partial charge is 0.361 e. The second-order valence-electron chi connectivity index (χ2n) is 5.35. The third-order valence-corrected chi connectivity index (χ3v) is 3.56. The topological polar surface area (TPSA) is 98.7 Å². The van der Waals surface area contributed by atoms with E-state index in [0.29, 0.717) is 48.0 Å². The number of hydrogen-bond acceptors (Lipinski definition) is 5. The van der Waals surface area contributed by atoms with Crippen LogP contribution in [0.25, 0.3) is 22.7 Å². The first-order valence-electron chi connectivity index (χ1n) is 7.59. The summed E-state index contributed by atoms with van der Waals surface area (Å²) >= 11 is 0. The van der Waals surface area contributed by atoms with Crippen LogP contribution in [0.15, 0.2) is 20.2 Å². The predicted octanol–water partition coefficient (Wildman–Crippen LogP) is 1.54. The van der Waals surface area contributed by atoms with E-state index in [1.165, 1.54) is 9.13 Å². The summed E-state index contributed by atoms with van der Waals surface area (Å²) in [6, 6.07) is 1.62. The molecule has 3 rings (SSSR count). The maximum atomic E-state index is 12.6. The van der Waals surface area contributed by atoms with Crippen molar-refractivity contribution >= 4 is 11.2 Å². The van der Waals surface area contributed by atoms with Crippen molar-refractivity contribution in [1.29, 1.82) is 0 Å². The van der Waals surface area contributed by atoms with Crippen LogP contribution in [0.3, 0.4) is 0 Å². The Kier molecular flexibility index (Phi) is 3.89. The quantitative estimate of drug-likeness (QED) is 0.770. The van der Waals surface area contributed by atoms with Crippen LogP contribution < -0.4 is 11.2 Å². The molecule has 0 aromatic carbocycles. The minimum Gasteiger partial charge on any atom is -0.361 e. The van der Waals surface area contributed by atoms with Crippen molar-refractivity contribution in [2.45, 2.75) is 39.8 Å². The normalized spacial score (nSPS) is 11.4. The highest BCUT2D eigenvalue weighted by Crippen LogP contribution is 2.18. The molecular weight excluding hydrogens is 298 g/mol. The first-order chi connectivity index (χ1) is 11.1. The zero-order valence-corrected chi connectivity index (χ0v) is 13.1. The molecule has 0 saturated heterocycles. The lowest BCUT2D eigenvalue weighted by atomic mass is 10.4. The van der Waals surface area contributed by atoms with E-state index in [1.54, 1.807) is 6.07 Å². The van der Waals surface area contributed by atoms with E-state index in [9.17, 15) is 9.59 Å². The number of rotatable bonds is 5. The fourth-order valence-electron chi connectivity index (χ4n) is 2.56. The number of aromatic amines is 1. The smallest absolute Gasteiger partial charge is 0.332 e. The zero-order chi connectivity index (χ0) is 16.6. The third kappa shape index (κ3) is 2.49. The van der Waals surface area contributed by atoms with E-state index < -0.39 is 0 Å². The van der Waals surface area contributed by atoms with Crippen molar-refractivity contribution < 1.29 is 4.52 Å². The molecule has 0 aliphatic carbocycles. The lowest BCUT2D eigenvalue weighted by Crippen LogP contribution is -2.40. The van der Waals surface area contributed by atoms with Gasteiger partial charge in [-0.25, -0.2) is 9.78 Å². The van der Waals surface area contributed by atoms with Gasteiger partial charge in [0.05, 0.1) is 0 Å². The first kappa shape index (κ1) is 15.3. The Morgan fingerprint density at radius 2 is 1.91 bits per heavy atom. The summed E-state index contributed by atoms with van der Waals surface area (Å²) in [6.07, 6.45) is 1.45. The minimum absolute atomic E-state index is 0.301. The Labute approximate surface area is 131 Å². The second kappa shape index (κ2) is 5.86. The number of H-pyrrole nitrogens is 1. The van der Waals surface area contributed by atoms with Crippen LogP contribution in [-0.2, 0) is 13.1 Å². The Hall–Kier alpha value is -2.64. The molecule has 0 unspecified atom stereocenters. The Morgan fingerprint density at radius 3 is 2.52 bits per heavy atom. The molecule has 3 heterocycles. The van der Waals surface area contributed by atoms with Crippen LogP contribution in [0, 0.1) is 6.92 Å². The molecule has 8 nitrogen and oxygen atoms in total. The van der Waals surface area contributed by atoms with Gasteiger partial charge in [0.25, 0.3) is 5.56 Å². The van der Waals surface area contributed by atoms with Crippen molar-refractivity contribution in [1.82, 2.24) is 24.3 Å². The number of hydrogen-bond donors (Lipinski definition) is 1. The molecule has 0 amide bonds. The number of nitrogens with one attached hydrogen (secondary N) is 1. The van der Waals surface area contributed by atoms with Crippen LogP contribution in [0.2, 0.25) is 0 Å².